The third-order valence-electron chi connectivity index (χ3n) is 3.76. The first-order valence-corrected chi connectivity index (χ1v) is 6.44. The number of nitrogen functional groups attached to an aromatic ring is 1. The van der Waals surface area contributed by atoms with Crippen LogP contribution in [0.5, 0.6) is 0 Å². The molecule has 0 spiro atoms. The topological polar surface area (TPSA) is 139 Å². The molecule has 4 atom stereocenters. The molecule has 1 aliphatic heterocycles. The monoisotopic (exact) mass is 335 g/mol. The molecule has 3 heterocycles. The van der Waals surface area contributed by atoms with E-state index >= 15 is 0 Å². The number of hydrogen-bond donors (Lipinski definition) is 4. The van der Waals surface area contributed by atoms with Gasteiger partial charge in [0.25, 0.3) is 12.0 Å². The second kappa shape index (κ2) is 5.18. The minimum Gasteiger partial charge on any atom is -0.393 e. The molecule has 23 heavy (non-hydrogen) atoms. The lowest BCUT2D eigenvalue weighted by Crippen LogP contribution is -2.51. The fraction of sp³-hybridized carbons (Fsp3) is 0.545. The molecule has 0 amide bonds. The van der Waals surface area contributed by atoms with E-state index in [4.69, 9.17) is 15.6 Å². The second-order valence-corrected chi connectivity index (χ2v) is 5.10. The number of rotatable bonds is 3. The van der Waals surface area contributed by atoms with Gasteiger partial charge < -0.3 is 20.7 Å². The quantitative estimate of drug-likeness (QED) is 0.550. The molecule has 0 radical (unpaired) electrons. The number of anilines is 1. The minimum atomic E-state index is -3.34. The zero-order chi connectivity index (χ0) is 16.9. The van der Waals surface area contributed by atoms with Crippen LogP contribution in [0.2, 0.25) is 0 Å². The highest BCUT2D eigenvalue weighted by Crippen LogP contribution is 2.44. The van der Waals surface area contributed by atoms with E-state index in [2.05, 4.69) is 15.1 Å². The molecule has 1 aliphatic rings. The number of halogens is 3. The van der Waals surface area contributed by atoms with Gasteiger partial charge in [0.05, 0.1) is 18.5 Å². The number of nitrogens with zero attached hydrogens (tertiary/aromatic N) is 3. The lowest BCUT2D eigenvalue weighted by atomic mass is 9.96. The van der Waals surface area contributed by atoms with E-state index in [0.29, 0.717) is 0 Å². The number of alkyl halides is 3. The van der Waals surface area contributed by atoms with Gasteiger partial charge in [-0.1, -0.05) is 0 Å². The predicted molar refractivity (Wildman–Crippen MR) is 68.6 cm³/mol. The van der Waals surface area contributed by atoms with Gasteiger partial charge in [-0.2, -0.15) is 0 Å². The Morgan fingerprint density at radius 3 is 2.83 bits per heavy atom. The highest BCUT2D eigenvalue weighted by atomic mass is 19.3. The SMILES string of the molecule is Nc1nn2c([C@@H]3O[C@@](CO)(C(F)F)[C@@H](O)[C@H]3F)cnc2c(=O)[nH]1. The van der Waals surface area contributed by atoms with Crippen molar-refractivity contribution in [1.29, 1.82) is 0 Å². The molecule has 126 valence electrons. The van der Waals surface area contributed by atoms with E-state index in [1.54, 1.807) is 0 Å². The summed E-state index contributed by atoms with van der Waals surface area (Å²) in [7, 11) is 0. The van der Waals surface area contributed by atoms with Gasteiger partial charge in [0.2, 0.25) is 11.6 Å². The van der Waals surface area contributed by atoms with Gasteiger partial charge in [0.1, 0.15) is 12.2 Å². The van der Waals surface area contributed by atoms with E-state index in [9.17, 15) is 23.1 Å². The second-order valence-electron chi connectivity index (χ2n) is 5.10. The maximum atomic E-state index is 14.3. The van der Waals surface area contributed by atoms with Crippen molar-refractivity contribution in [2.24, 2.45) is 0 Å². The number of fused-ring (bicyclic) bond motifs is 1. The zero-order valence-corrected chi connectivity index (χ0v) is 11.4. The number of nitrogens with two attached hydrogens (primary N) is 1. The average Bonchev–Trinajstić information content (AvgIpc) is 3.01. The summed E-state index contributed by atoms with van der Waals surface area (Å²) in [5.41, 5.74) is 1.44. The van der Waals surface area contributed by atoms with Gasteiger partial charge in [-0.05, 0) is 0 Å². The number of aromatic amines is 1. The largest absolute Gasteiger partial charge is 0.393 e. The van der Waals surface area contributed by atoms with Crippen LogP contribution in [0.25, 0.3) is 5.65 Å². The van der Waals surface area contributed by atoms with Crippen molar-refractivity contribution in [3.63, 3.8) is 0 Å². The third-order valence-corrected chi connectivity index (χ3v) is 3.76. The standard InChI is InChI=1S/C11H12F3N5O4/c12-4-5(23-11(2-20,6(4)21)9(13)14)3-1-16-7-8(22)17-10(15)18-19(3)7/h1,4-6,9,20-21H,2H2,(H3,15,17,18,22)/t4-,5-,6-,11+/m0/s1. The van der Waals surface area contributed by atoms with E-state index in [0.717, 1.165) is 10.7 Å². The molecule has 0 bridgehead atoms. The van der Waals surface area contributed by atoms with Crippen LogP contribution in [0.3, 0.4) is 0 Å². The maximum absolute atomic E-state index is 14.3. The first kappa shape index (κ1) is 15.7. The van der Waals surface area contributed by atoms with Crippen molar-refractivity contribution in [1.82, 2.24) is 19.6 Å². The summed E-state index contributed by atoms with van der Waals surface area (Å²) in [6, 6.07) is 0. The number of nitrogens with one attached hydrogen (secondary N) is 1. The van der Waals surface area contributed by atoms with Crippen molar-refractivity contribution in [3.05, 3.63) is 22.2 Å². The maximum Gasteiger partial charge on any atom is 0.295 e. The Bertz CT molecular complexity index is 796. The smallest absolute Gasteiger partial charge is 0.295 e. The number of aromatic nitrogens is 4. The Hall–Kier alpha value is -2.18. The van der Waals surface area contributed by atoms with Crippen LogP contribution < -0.4 is 11.3 Å². The Balaban J connectivity index is 2.11. The molecule has 0 aromatic carbocycles. The molecular weight excluding hydrogens is 323 g/mol. The lowest BCUT2D eigenvalue weighted by Gasteiger charge is -2.28. The van der Waals surface area contributed by atoms with Gasteiger partial charge in [-0.3, -0.25) is 9.78 Å². The van der Waals surface area contributed by atoms with Crippen molar-refractivity contribution < 1.29 is 28.1 Å². The van der Waals surface area contributed by atoms with Crippen LogP contribution in [0.15, 0.2) is 11.0 Å². The molecule has 3 rings (SSSR count). The highest BCUT2D eigenvalue weighted by molar-refractivity contribution is 5.39. The number of aliphatic hydroxyl groups excluding tert-OH is 2. The van der Waals surface area contributed by atoms with Crippen LogP contribution in [-0.2, 0) is 4.74 Å². The summed E-state index contributed by atoms with van der Waals surface area (Å²) in [6.07, 6.45) is -8.62. The fourth-order valence-electron chi connectivity index (χ4n) is 2.53. The molecule has 2 aromatic heterocycles. The Morgan fingerprint density at radius 2 is 2.26 bits per heavy atom. The van der Waals surface area contributed by atoms with Crippen molar-refractivity contribution in [2.75, 3.05) is 12.3 Å². The average molecular weight is 335 g/mol. The van der Waals surface area contributed by atoms with E-state index in [1.165, 1.54) is 0 Å². The fourth-order valence-corrected chi connectivity index (χ4v) is 2.53. The van der Waals surface area contributed by atoms with Crippen molar-refractivity contribution in [2.45, 2.75) is 30.4 Å². The Morgan fingerprint density at radius 1 is 1.57 bits per heavy atom. The molecule has 1 fully saturated rings. The van der Waals surface area contributed by atoms with Crippen LogP contribution in [0.1, 0.15) is 11.8 Å². The van der Waals surface area contributed by atoms with E-state index < -0.39 is 42.6 Å². The van der Waals surface area contributed by atoms with Gasteiger partial charge in [-0.15, -0.1) is 5.10 Å². The van der Waals surface area contributed by atoms with Gasteiger partial charge >= 0.3 is 0 Å². The lowest BCUT2D eigenvalue weighted by molar-refractivity contribution is -0.186. The number of hydrogen-bond acceptors (Lipinski definition) is 7. The van der Waals surface area contributed by atoms with E-state index in [-0.39, 0.29) is 17.3 Å². The highest BCUT2D eigenvalue weighted by Gasteiger charge is 2.61. The van der Waals surface area contributed by atoms with Crippen molar-refractivity contribution in [3.8, 4) is 0 Å². The molecule has 9 nitrogen and oxygen atoms in total. The molecule has 0 unspecified atom stereocenters. The summed E-state index contributed by atoms with van der Waals surface area (Å²) in [5.74, 6) is -0.307. The molecule has 2 aromatic rings. The predicted octanol–water partition coefficient (Wildman–Crippen LogP) is -1.23. The van der Waals surface area contributed by atoms with Gasteiger partial charge in [0, 0.05) is 0 Å². The molecule has 0 aliphatic carbocycles. The van der Waals surface area contributed by atoms with E-state index in [1.807, 2.05) is 0 Å². The zero-order valence-electron chi connectivity index (χ0n) is 11.4. The van der Waals surface area contributed by atoms with Gasteiger partial charge in [0.15, 0.2) is 11.8 Å². The molecule has 5 N–H and O–H groups in total. The summed E-state index contributed by atoms with van der Waals surface area (Å²) in [4.78, 5) is 17.5. The van der Waals surface area contributed by atoms with Crippen LogP contribution >= 0.6 is 0 Å². The first-order chi connectivity index (χ1) is 10.8. The summed E-state index contributed by atoms with van der Waals surface area (Å²) in [5, 5.41) is 22.6. The molecule has 1 saturated heterocycles. The number of ether oxygens (including phenoxy) is 1. The molecular formula is C11H12F3N5O4. The Labute approximate surface area is 125 Å². The third kappa shape index (κ3) is 2.09. The van der Waals surface area contributed by atoms with Gasteiger partial charge in [-0.25, -0.2) is 22.7 Å². The minimum absolute atomic E-state index is 0.194. The summed E-state index contributed by atoms with van der Waals surface area (Å²) in [6.45, 7) is -1.30. The van der Waals surface area contributed by atoms with Crippen molar-refractivity contribution >= 4 is 11.6 Å². The molecule has 0 saturated carbocycles. The molecule has 12 heteroatoms. The summed E-state index contributed by atoms with van der Waals surface area (Å²) < 4.78 is 46.4. The van der Waals surface area contributed by atoms with Crippen LogP contribution in [0.4, 0.5) is 19.1 Å². The number of aliphatic hydroxyl groups is 2. The number of H-pyrrole nitrogens is 1. The summed E-state index contributed by atoms with van der Waals surface area (Å²) >= 11 is 0. The Kier molecular flexibility index (Phi) is 3.54. The first-order valence-electron chi connectivity index (χ1n) is 6.44. The van der Waals surface area contributed by atoms with Crippen LogP contribution in [0, 0.1) is 0 Å². The normalized spacial score (nSPS) is 31.3. The van der Waals surface area contributed by atoms with Crippen LogP contribution in [-0.4, -0.2) is 60.7 Å². The number of imidazole rings is 1.